The Bertz CT molecular complexity index is 764. The Morgan fingerprint density at radius 2 is 1.90 bits per heavy atom. The van der Waals surface area contributed by atoms with Crippen LogP contribution in [0.5, 0.6) is 0 Å². The highest BCUT2D eigenvalue weighted by Crippen LogP contribution is 2.29. The van der Waals surface area contributed by atoms with Gasteiger partial charge < -0.3 is 9.52 Å². The molecule has 2 aromatic rings. The van der Waals surface area contributed by atoms with Gasteiger partial charge in [-0.1, -0.05) is 35.3 Å². The lowest BCUT2D eigenvalue weighted by Crippen LogP contribution is -2.04. The lowest BCUT2D eigenvalue weighted by atomic mass is 10.2. The molecule has 0 atom stereocenters. The van der Waals surface area contributed by atoms with Crippen molar-refractivity contribution in [3.8, 4) is 0 Å². The molecular weight excluding hydrogens is 327 g/mol. The van der Waals surface area contributed by atoms with E-state index >= 15 is 0 Å². The molecule has 0 radical (unpaired) electrons. The molecule has 0 amide bonds. The second-order valence-electron chi connectivity index (χ2n) is 3.90. The summed E-state index contributed by atoms with van der Waals surface area (Å²) in [5.74, 6) is -2.22. The molecule has 5 nitrogen and oxygen atoms in total. The summed E-state index contributed by atoms with van der Waals surface area (Å²) in [6.07, 6.45) is 0. The lowest BCUT2D eigenvalue weighted by Gasteiger charge is -2.05. The molecular formula is C12H8Cl2O5S. The van der Waals surface area contributed by atoms with Crippen molar-refractivity contribution in [1.29, 1.82) is 0 Å². The Morgan fingerprint density at radius 3 is 2.50 bits per heavy atom. The predicted octanol–water partition coefficient (Wildman–Crippen LogP) is 3.26. The maximum Gasteiger partial charge on any atom is 0.371 e. The number of carboxylic acids is 1. The van der Waals surface area contributed by atoms with E-state index in [0.717, 1.165) is 12.1 Å². The van der Waals surface area contributed by atoms with E-state index in [-0.39, 0.29) is 10.0 Å². The molecule has 2 rings (SSSR count). The fourth-order valence-corrected chi connectivity index (χ4v) is 3.29. The molecule has 20 heavy (non-hydrogen) atoms. The van der Waals surface area contributed by atoms with Gasteiger partial charge in [0.05, 0.1) is 15.8 Å². The first-order valence-electron chi connectivity index (χ1n) is 5.30. The number of rotatable bonds is 4. The number of carbonyl (C=O) groups is 1. The van der Waals surface area contributed by atoms with Crippen molar-refractivity contribution in [2.45, 2.75) is 10.8 Å². The number of halogens is 2. The van der Waals surface area contributed by atoms with Crippen LogP contribution in [0.2, 0.25) is 10.0 Å². The first kappa shape index (κ1) is 14.9. The Labute approximate surface area is 124 Å². The maximum atomic E-state index is 12.1. The van der Waals surface area contributed by atoms with E-state index in [1.54, 1.807) is 6.07 Å². The van der Waals surface area contributed by atoms with E-state index in [0.29, 0.717) is 5.56 Å². The normalized spacial score (nSPS) is 11.5. The van der Waals surface area contributed by atoms with Gasteiger partial charge in [0, 0.05) is 0 Å². The average molecular weight is 335 g/mol. The minimum atomic E-state index is -3.84. The van der Waals surface area contributed by atoms with Crippen molar-refractivity contribution in [2.75, 3.05) is 0 Å². The Kier molecular flexibility index (Phi) is 4.08. The molecule has 0 unspecified atom stereocenters. The van der Waals surface area contributed by atoms with E-state index in [1.807, 2.05) is 0 Å². The highest BCUT2D eigenvalue weighted by molar-refractivity contribution is 7.90. The van der Waals surface area contributed by atoms with E-state index < -0.39 is 32.4 Å². The van der Waals surface area contributed by atoms with Gasteiger partial charge >= 0.3 is 5.97 Å². The molecule has 0 fully saturated rings. The van der Waals surface area contributed by atoms with Gasteiger partial charge in [-0.05, 0) is 23.8 Å². The van der Waals surface area contributed by atoms with E-state index in [2.05, 4.69) is 0 Å². The second kappa shape index (κ2) is 5.47. The molecule has 1 N–H and O–H groups in total. The first-order valence-corrected chi connectivity index (χ1v) is 7.71. The van der Waals surface area contributed by atoms with Gasteiger partial charge in [-0.2, -0.15) is 0 Å². The quantitative estimate of drug-likeness (QED) is 0.927. The highest BCUT2D eigenvalue weighted by Gasteiger charge is 2.23. The zero-order chi connectivity index (χ0) is 14.9. The van der Waals surface area contributed by atoms with Gasteiger partial charge in [0.25, 0.3) is 0 Å². The molecule has 1 aromatic carbocycles. The number of sulfone groups is 1. The van der Waals surface area contributed by atoms with Gasteiger partial charge in [0.15, 0.2) is 0 Å². The fraction of sp³-hybridized carbons (Fsp3) is 0.0833. The van der Waals surface area contributed by atoms with Crippen molar-refractivity contribution in [3.05, 3.63) is 51.7 Å². The van der Waals surface area contributed by atoms with Crippen LogP contribution in [0.15, 0.2) is 39.8 Å². The summed E-state index contributed by atoms with van der Waals surface area (Å²) in [6.45, 7) is 0. The number of carboxylic acid groups (broad SMARTS) is 1. The number of furan rings is 1. The summed E-state index contributed by atoms with van der Waals surface area (Å²) >= 11 is 11.7. The van der Waals surface area contributed by atoms with E-state index in [4.69, 9.17) is 32.7 Å². The monoisotopic (exact) mass is 334 g/mol. The Morgan fingerprint density at radius 1 is 1.20 bits per heavy atom. The topological polar surface area (TPSA) is 84.6 Å². The summed E-state index contributed by atoms with van der Waals surface area (Å²) < 4.78 is 29.0. The second-order valence-corrected chi connectivity index (χ2v) is 6.60. The highest BCUT2D eigenvalue weighted by atomic mass is 35.5. The molecule has 0 saturated heterocycles. The maximum absolute atomic E-state index is 12.1. The molecule has 1 heterocycles. The average Bonchev–Trinajstić information content (AvgIpc) is 2.85. The first-order chi connectivity index (χ1) is 9.31. The van der Waals surface area contributed by atoms with Gasteiger partial charge in [-0.25, -0.2) is 13.2 Å². The zero-order valence-corrected chi connectivity index (χ0v) is 12.2. The van der Waals surface area contributed by atoms with Crippen molar-refractivity contribution in [3.63, 3.8) is 0 Å². The van der Waals surface area contributed by atoms with Crippen LogP contribution >= 0.6 is 23.2 Å². The van der Waals surface area contributed by atoms with Crippen molar-refractivity contribution in [2.24, 2.45) is 0 Å². The summed E-state index contributed by atoms with van der Waals surface area (Å²) in [5, 5.41) is 8.66. The molecule has 0 aliphatic rings. The SMILES string of the molecule is O=C(O)c1ccc(S(=O)(=O)Cc2cccc(Cl)c2Cl)o1. The van der Waals surface area contributed by atoms with Crippen LogP contribution in [-0.4, -0.2) is 19.5 Å². The molecule has 0 aliphatic carbocycles. The molecule has 1 aromatic heterocycles. The summed E-state index contributed by atoms with van der Waals surface area (Å²) in [4.78, 5) is 10.7. The molecule has 0 aliphatic heterocycles. The summed E-state index contributed by atoms with van der Waals surface area (Å²) in [6, 6.07) is 6.80. The van der Waals surface area contributed by atoms with Crippen LogP contribution in [0, 0.1) is 0 Å². The van der Waals surface area contributed by atoms with Crippen molar-refractivity contribution < 1.29 is 22.7 Å². The predicted molar refractivity (Wildman–Crippen MR) is 73.0 cm³/mol. The molecule has 0 bridgehead atoms. The van der Waals surface area contributed by atoms with Crippen molar-refractivity contribution in [1.82, 2.24) is 0 Å². The Balaban J connectivity index is 2.35. The van der Waals surface area contributed by atoms with Gasteiger partial charge in [-0.15, -0.1) is 0 Å². The number of hydrogen-bond donors (Lipinski definition) is 1. The van der Waals surface area contributed by atoms with Crippen LogP contribution < -0.4 is 0 Å². The largest absolute Gasteiger partial charge is 0.475 e. The third kappa shape index (κ3) is 2.98. The zero-order valence-electron chi connectivity index (χ0n) is 9.84. The van der Waals surface area contributed by atoms with Gasteiger partial charge in [-0.3, -0.25) is 0 Å². The minimum Gasteiger partial charge on any atom is -0.475 e. The van der Waals surface area contributed by atoms with Crippen LogP contribution in [0.3, 0.4) is 0 Å². The number of aromatic carboxylic acids is 1. The minimum absolute atomic E-state index is 0.141. The van der Waals surface area contributed by atoms with E-state index in [1.165, 1.54) is 12.1 Å². The standard InChI is InChI=1S/C12H8Cl2O5S/c13-8-3-1-2-7(11(8)14)6-20(17,18)10-5-4-9(19-10)12(15)16/h1-5H,6H2,(H,15,16). The number of hydrogen-bond acceptors (Lipinski definition) is 4. The van der Waals surface area contributed by atoms with Crippen molar-refractivity contribution >= 4 is 39.0 Å². The lowest BCUT2D eigenvalue weighted by molar-refractivity contribution is 0.0656. The molecule has 106 valence electrons. The molecule has 8 heteroatoms. The Hall–Kier alpha value is -1.50. The summed E-state index contributed by atoms with van der Waals surface area (Å²) in [5.41, 5.74) is 0.312. The van der Waals surface area contributed by atoms with Gasteiger partial charge in [0.1, 0.15) is 0 Å². The van der Waals surface area contributed by atoms with Gasteiger partial charge in [0.2, 0.25) is 20.7 Å². The number of benzene rings is 1. The fourth-order valence-electron chi connectivity index (χ4n) is 1.54. The van der Waals surface area contributed by atoms with Crippen LogP contribution in [0.4, 0.5) is 0 Å². The molecule has 0 saturated carbocycles. The van der Waals surface area contributed by atoms with E-state index in [9.17, 15) is 13.2 Å². The molecule has 0 spiro atoms. The van der Waals surface area contributed by atoms with Crippen LogP contribution in [0.1, 0.15) is 16.1 Å². The third-order valence-corrected chi connectivity index (χ3v) is 4.86. The third-order valence-electron chi connectivity index (χ3n) is 2.48. The summed E-state index contributed by atoms with van der Waals surface area (Å²) in [7, 11) is -3.84. The smallest absolute Gasteiger partial charge is 0.371 e. The van der Waals surface area contributed by atoms with Crippen LogP contribution in [0.25, 0.3) is 0 Å². The van der Waals surface area contributed by atoms with Crippen LogP contribution in [-0.2, 0) is 15.6 Å².